The van der Waals surface area contributed by atoms with Gasteiger partial charge in [0.15, 0.2) is 5.82 Å². The molecule has 0 spiro atoms. The first-order valence-electron chi connectivity index (χ1n) is 11.0. The van der Waals surface area contributed by atoms with Crippen LogP contribution in [0.25, 0.3) is 16.4 Å². The van der Waals surface area contributed by atoms with E-state index in [2.05, 4.69) is 30.3 Å². The van der Waals surface area contributed by atoms with E-state index in [1.165, 1.54) is 6.33 Å². The largest absolute Gasteiger partial charge is 0.355 e. The topological polar surface area (TPSA) is 88.8 Å². The highest BCUT2D eigenvalue weighted by Crippen LogP contribution is 2.33. The van der Waals surface area contributed by atoms with Crippen molar-refractivity contribution in [1.82, 2.24) is 30.0 Å². The summed E-state index contributed by atoms with van der Waals surface area (Å²) >= 11 is 7.87. The number of halogens is 1. The molecule has 5 rings (SSSR count). The van der Waals surface area contributed by atoms with Crippen molar-refractivity contribution in [3.8, 4) is 16.4 Å². The molecule has 174 valence electrons. The number of anilines is 1. The van der Waals surface area contributed by atoms with E-state index in [1.54, 1.807) is 16.0 Å². The Morgan fingerprint density at radius 2 is 1.91 bits per heavy atom. The quantitative estimate of drug-likeness (QED) is 0.434. The number of nitrogens with zero attached hydrogens (tertiary/aromatic N) is 6. The first kappa shape index (κ1) is 22.5. The predicted octanol–water partition coefficient (Wildman–Crippen LogP) is 4.12. The van der Waals surface area contributed by atoms with Crippen molar-refractivity contribution in [2.75, 3.05) is 18.0 Å². The number of amides is 1. The smallest absolute Gasteiger partial charge is 0.226 e. The minimum absolute atomic E-state index is 0.0381. The van der Waals surface area contributed by atoms with Gasteiger partial charge in [-0.15, -0.1) is 11.3 Å². The number of aromatic nitrogens is 5. The molecule has 1 N–H and O–H groups in total. The minimum Gasteiger partial charge on any atom is -0.355 e. The first-order chi connectivity index (χ1) is 16.4. The lowest BCUT2D eigenvalue weighted by atomic mass is 9.99. The van der Waals surface area contributed by atoms with Gasteiger partial charge in [0.1, 0.15) is 17.2 Å². The lowest BCUT2D eigenvalue weighted by Crippen LogP contribution is -2.54. The van der Waals surface area contributed by atoms with Gasteiger partial charge in [-0.25, -0.2) is 19.6 Å². The second kappa shape index (κ2) is 9.15. The minimum atomic E-state index is -0.0802. The average Bonchev–Trinajstić information content (AvgIpc) is 3.32. The molecular weight excluding hydrogens is 470 g/mol. The Bertz CT molecular complexity index is 1360. The third-order valence-electron chi connectivity index (χ3n) is 5.86. The summed E-state index contributed by atoms with van der Waals surface area (Å²) in [6, 6.07) is 11.6. The van der Waals surface area contributed by atoms with Gasteiger partial charge in [0.25, 0.3) is 0 Å². The summed E-state index contributed by atoms with van der Waals surface area (Å²) in [4.78, 5) is 29.2. The summed E-state index contributed by atoms with van der Waals surface area (Å²) in [5.74, 6) is 1.47. The zero-order valence-corrected chi connectivity index (χ0v) is 20.7. The maximum absolute atomic E-state index is 12.7. The summed E-state index contributed by atoms with van der Waals surface area (Å²) < 4.78 is 1.80. The zero-order valence-electron chi connectivity index (χ0n) is 19.1. The standard InChI is InChI=1S/C24H24ClN7OS/c1-14-8-15(2)32(30-14)22-9-21(27-13-28-22)31-11-17(12-31)23(33)26-10-20-16(3)29-24(34-20)18-6-4-5-7-19(18)25/h4-9,13,17H,10-12H2,1-3H3,(H,26,33). The van der Waals surface area contributed by atoms with E-state index in [-0.39, 0.29) is 11.8 Å². The fourth-order valence-electron chi connectivity index (χ4n) is 3.97. The van der Waals surface area contributed by atoms with E-state index in [4.69, 9.17) is 11.6 Å². The Balaban J connectivity index is 1.19. The van der Waals surface area contributed by atoms with Gasteiger partial charge in [0.05, 0.1) is 28.9 Å². The molecule has 1 aliphatic heterocycles. The Hall–Kier alpha value is -3.30. The van der Waals surface area contributed by atoms with Gasteiger partial charge in [-0.3, -0.25) is 4.79 Å². The summed E-state index contributed by atoms with van der Waals surface area (Å²) in [6.45, 7) is 7.60. The van der Waals surface area contributed by atoms with Crippen LogP contribution in [0.4, 0.5) is 5.82 Å². The number of thiazole rings is 1. The molecule has 0 bridgehead atoms. The number of rotatable bonds is 6. The van der Waals surface area contributed by atoms with Crippen molar-refractivity contribution < 1.29 is 4.79 Å². The molecule has 0 atom stereocenters. The number of benzene rings is 1. The molecule has 8 nitrogen and oxygen atoms in total. The van der Waals surface area contributed by atoms with Crippen LogP contribution in [0.2, 0.25) is 5.02 Å². The van der Waals surface area contributed by atoms with Crippen LogP contribution in [0.15, 0.2) is 42.7 Å². The molecule has 1 aromatic carbocycles. The van der Waals surface area contributed by atoms with Crippen LogP contribution in [0.3, 0.4) is 0 Å². The summed E-state index contributed by atoms with van der Waals surface area (Å²) in [5, 5.41) is 9.09. The van der Waals surface area contributed by atoms with Crippen molar-refractivity contribution in [3.05, 3.63) is 69.7 Å². The molecule has 0 aliphatic carbocycles. The second-order valence-corrected chi connectivity index (χ2v) is 9.89. The first-order valence-corrected chi connectivity index (χ1v) is 12.2. The van der Waals surface area contributed by atoms with Crippen molar-refractivity contribution in [2.24, 2.45) is 5.92 Å². The Morgan fingerprint density at radius 1 is 1.15 bits per heavy atom. The Labute approximate surface area is 206 Å². The van der Waals surface area contributed by atoms with Crippen LogP contribution in [0, 0.1) is 26.7 Å². The van der Waals surface area contributed by atoms with Crippen molar-refractivity contribution in [1.29, 1.82) is 0 Å². The summed E-state index contributed by atoms with van der Waals surface area (Å²) in [5.41, 5.74) is 3.77. The van der Waals surface area contributed by atoms with Crippen LogP contribution in [0.1, 0.15) is 22.0 Å². The predicted molar refractivity (Wildman–Crippen MR) is 133 cm³/mol. The number of carbonyl (C=O) groups is 1. The van der Waals surface area contributed by atoms with Gasteiger partial charge < -0.3 is 10.2 Å². The molecule has 4 heterocycles. The molecule has 1 fully saturated rings. The fraction of sp³-hybridized carbons (Fsp3) is 0.292. The SMILES string of the molecule is Cc1cc(C)n(-c2cc(N3CC(C(=O)NCc4sc(-c5ccccc5Cl)nc4C)C3)ncn2)n1. The van der Waals surface area contributed by atoms with Gasteiger partial charge in [-0.2, -0.15) is 5.10 Å². The van der Waals surface area contributed by atoms with Crippen LogP contribution >= 0.6 is 22.9 Å². The molecule has 34 heavy (non-hydrogen) atoms. The van der Waals surface area contributed by atoms with E-state index in [0.29, 0.717) is 24.7 Å². The highest BCUT2D eigenvalue weighted by Gasteiger charge is 2.33. The fourth-order valence-corrected chi connectivity index (χ4v) is 5.29. The second-order valence-electron chi connectivity index (χ2n) is 8.40. The maximum Gasteiger partial charge on any atom is 0.226 e. The van der Waals surface area contributed by atoms with Crippen molar-refractivity contribution in [2.45, 2.75) is 27.3 Å². The summed E-state index contributed by atoms with van der Waals surface area (Å²) in [6.07, 6.45) is 1.54. The van der Waals surface area contributed by atoms with Gasteiger partial charge in [0.2, 0.25) is 5.91 Å². The molecule has 0 radical (unpaired) electrons. The van der Waals surface area contributed by atoms with Crippen LogP contribution in [0.5, 0.6) is 0 Å². The molecule has 1 saturated heterocycles. The number of aryl methyl sites for hydroxylation is 3. The van der Waals surface area contributed by atoms with Crippen LogP contribution in [-0.2, 0) is 11.3 Å². The molecule has 1 aliphatic rings. The lowest BCUT2D eigenvalue weighted by Gasteiger charge is -2.39. The van der Waals surface area contributed by atoms with Crippen molar-refractivity contribution >= 4 is 34.7 Å². The average molecular weight is 494 g/mol. The molecule has 1 amide bonds. The van der Waals surface area contributed by atoms with Crippen LogP contribution < -0.4 is 10.2 Å². The number of hydrogen-bond acceptors (Lipinski definition) is 7. The van der Waals surface area contributed by atoms with E-state index in [1.807, 2.05) is 57.2 Å². The third-order valence-corrected chi connectivity index (χ3v) is 7.38. The Morgan fingerprint density at radius 3 is 2.65 bits per heavy atom. The van der Waals surface area contributed by atoms with Crippen LogP contribution in [-0.4, -0.2) is 43.7 Å². The number of nitrogens with one attached hydrogen (secondary N) is 1. The van der Waals surface area contributed by atoms with E-state index >= 15 is 0 Å². The maximum atomic E-state index is 12.7. The van der Waals surface area contributed by atoms with Gasteiger partial charge >= 0.3 is 0 Å². The van der Waals surface area contributed by atoms with Gasteiger partial charge in [-0.1, -0.05) is 29.8 Å². The molecule has 4 aromatic rings. The third kappa shape index (κ3) is 4.41. The van der Waals surface area contributed by atoms with E-state index < -0.39 is 0 Å². The molecular formula is C24H24ClN7OS. The molecule has 10 heteroatoms. The highest BCUT2D eigenvalue weighted by molar-refractivity contribution is 7.15. The van der Waals surface area contributed by atoms with Gasteiger partial charge in [0, 0.05) is 35.3 Å². The van der Waals surface area contributed by atoms with E-state index in [9.17, 15) is 4.79 Å². The Kier molecular flexibility index (Phi) is 6.05. The lowest BCUT2D eigenvalue weighted by molar-refractivity contribution is -0.125. The number of carbonyl (C=O) groups excluding carboxylic acids is 1. The van der Waals surface area contributed by atoms with E-state index in [0.717, 1.165) is 44.2 Å². The molecule has 0 unspecified atom stereocenters. The highest BCUT2D eigenvalue weighted by atomic mass is 35.5. The molecule has 0 saturated carbocycles. The number of hydrogen-bond donors (Lipinski definition) is 1. The summed E-state index contributed by atoms with van der Waals surface area (Å²) in [7, 11) is 0. The normalized spacial score (nSPS) is 13.7. The monoisotopic (exact) mass is 493 g/mol. The van der Waals surface area contributed by atoms with Gasteiger partial charge in [-0.05, 0) is 32.9 Å². The zero-order chi connectivity index (χ0) is 23.8. The molecule has 3 aromatic heterocycles. The van der Waals surface area contributed by atoms with Crippen molar-refractivity contribution in [3.63, 3.8) is 0 Å².